The van der Waals surface area contributed by atoms with Crippen LogP contribution in [0.4, 0.5) is 17.1 Å². The Morgan fingerprint density at radius 1 is 0.933 bits per heavy atom. The Labute approximate surface area is 86.0 Å². The van der Waals surface area contributed by atoms with Gasteiger partial charge in [0.1, 0.15) is 0 Å². The average molecular weight is 203 g/mol. The maximum Gasteiger partial charge on any atom is 0.258 e. The lowest BCUT2D eigenvalue weighted by atomic mass is 10.2. The van der Waals surface area contributed by atoms with Crippen molar-refractivity contribution in [3.05, 3.63) is 30.4 Å². The second-order valence-corrected chi connectivity index (χ2v) is 3.13. The zero-order valence-electron chi connectivity index (χ0n) is 7.81. The van der Waals surface area contributed by atoms with Gasteiger partial charge in [-0.25, -0.2) is 4.90 Å². The summed E-state index contributed by atoms with van der Waals surface area (Å²) in [6, 6.07) is 4.84. The fraction of sp³-hybridized carbons (Fsp3) is 0. The molecule has 15 heavy (non-hydrogen) atoms. The van der Waals surface area contributed by atoms with E-state index in [-0.39, 0.29) is 5.69 Å². The van der Waals surface area contributed by atoms with Crippen LogP contribution in [0.5, 0.6) is 0 Å². The van der Waals surface area contributed by atoms with Gasteiger partial charge in [0, 0.05) is 12.2 Å². The summed E-state index contributed by atoms with van der Waals surface area (Å²) in [5, 5.41) is 0. The molecule has 1 aromatic carbocycles. The van der Waals surface area contributed by atoms with Crippen molar-refractivity contribution in [1.29, 1.82) is 0 Å². The molecule has 0 radical (unpaired) electrons. The predicted octanol–water partition coefficient (Wildman–Crippen LogP) is 0.280. The first-order valence-corrected chi connectivity index (χ1v) is 4.31. The number of nitrogens with two attached hydrogens (primary N) is 2. The van der Waals surface area contributed by atoms with Crippen LogP contribution in [0.3, 0.4) is 0 Å². The van der Waals surface area contributed by atoms with Crippen molar-refractivity contribution < 1.29 is 9.59 Å². The summed E-state index contributed by atoms with van der Waals surface area (Å²) in [5.74, 6) is -0.853. The molecular weight excluding hydrogens is 194 g/mol. The highest BCUT2D eigenvalue weighted by molar-refractivity contribution is 6.30. The monoisotopic (exact) mass is 203 g/mol. The van der Waals surface area contributed by atoms with Crippen molar-refractivity contribution in [2.45, 2.75) is 0 Å². The zero-order valence-corrected chi connectivity index (χ0v) is 7.81. The van der Waals surface area contributed by atoms with Gasteiger partial charge in [-0.05, 0) is 12.1 Å². The van der Waals surface area contributed by atoms with Gasteiger partial charge >= 0.3 is 0 Å². The Hall–Kier alpha value is -2.30. The number of anilines is 3. The van der Waals surface area contributed by atoms with E-state index in [1.165, 1.54) is 12.2 Å². The van der Waals surface area contributed by atoms with E-state index in [1.807, 2.05) is 0 Å². The molecule has 5 nitrogen and oxygen atoms in total. The first-order chi connectivity index (χ1) is 7.11. The molecule has 4 N–H and O–H groups in total. The number of nitrogen functional groups attached to an aromatic ring is 2. The Morgan fingerprint density at radius 3 is 1.87 bits per heavy atom. The van der Waals surface area contributed by atoms with Gasteiger partial charge in [-0.2, -0.15) is 0 Å². The molecule has 0 bridgehead atoms. The highest BCUT2D eigenvalue weighted by atomic mass is 16.2. The highest BCUT2D eigenvalue weighted by Gasteiger charge is 2.28. The first kappa shape index (κ1) is 9.26. The number of para-hydroxylation sites is 1. The molecule has 76 valence electrons. The van der Waals surface area contributed by atoms with Crippen LogP contribution in [0.15, 0.2) is 30.4 Å². The third-order valence-corrected chi connectivity index (χ3v) is 2.13. The van der Waals surface area contributed by atoms with Crippen LogP contribution < -0.4 is 16.4 Å². The Morgan fingerprint density at radius 2 is 1.40 bits per heavy atom. The number of imide groups is 1. The van der Waals surface area contributed by atoms with Gasteiger partial charge in [0.25, 0.3) is 11.8 Å². The number of carbonyl (C=O) groups is 2. The molecule has 0 unspecified atom stereocenters. The van der Waals surface area contributed by atoms with E-state index in [1.54, 1.807) is 18.2 Å². The minimum absolute atomic E-state index is 0.262. The van der Waals surface area contributed by atoms with Crippen molar-refractivity contribution >= 4 is 28.9 Å². The molecule has 0 atom stereocenters. The number of hydrogen-bond acceptors (Lipinski definition) is 4. The lowest BCUT2D eigenvalue weighted by Gasteiger charge is -2.17. The average Bonchev–Trinajstić information content (AvgIpc) is 2.49. The van der Waals surface area contributed by atoms with Gasteiger partial charge in [0.05, 0.1) is 17.1 Å². The predicted molar refractivity (Wildman–Crippen MR) is 56.9 cm³/mol. The SMILES string of the molecule is Nc1cccc(N)c1N1C(=O)C=CC1=O. The smallest absolute Gasteiger partial charge is 0.258 e. The molecule has 0 spiro atoms. The summed E-state index contributed by atoms with van der Waals surface area (Å²) in [4.78, 5) is 23.8. The largest absolute Gasteiger partial charge is 0.397 e. The number of rotatable bonds is 1. The number of carbonyl (C=O) groups excluding carboxylic acids is 2. The van der Waals surface area contributed by atoms with Gasteiger partial charge < -0.3 is 11.5 Å². The summed E-state index contributed by atoms with van der Waals surface area (Å²) >= 11 is 0. The number of hydrogen-bond donors (Lipinski definition) is 2. The standard InChI is InChI=1S/C10H9N3O2/c11-6-2-1-3-7(12)10(6)13-8(14)4-5-9(13)15/h1-5H,11-12H2. The second-order valence-electron chi connectivity index (χ2n) is 3.13. The summed E-state index contributed by atoms with van der Waals surface area (Å²) in [7, 11) is 0. The van der Waals surface area contributed by atoms with Gasteiger partial charge in [0.2, 0.25) is 0 Å². The van der Waals surface area contributed by atoms with E-state index in [0.29, 0.717) is 11.4 Å². The molecule has 1 aliphatic rings. The van der Waals surface area contributed by atoms with Gasteiger partial charge in [-0.3, -0.25) is 9.59 Å². The molecule has 1 heterocycles. The van der Waals surface area contributed by atoms with Crippen LogP contribution in [0, 0.1) is 0 Å². The summed E-state index contributed by atoms with van der Waals surface area (Å²) < 4.78 is 0. The zero-order chi connectivity index (χ0) is 11.0. The van der Waals surface area contributed by atoms with Crippen LogP contribution in [-0.2, 0) is 9.59 Å². The van der Waals surface area contributed by atoms with E-state index >= 15 is 0 Å². The van der Waals surface area contributed by atoms with Crippen molar-refractivity contribution in [1.82, 2.24) is 0 Å². The molecule has 0 aliphatic carbocycles. The maximum atomic E-state index is 11.4. The Kier molecular flexibility index (Phi) is 1.93. The van der Waals surface area contributed by atoms with Crippen molar-refractivity contribution in [2.24, 2.45) is 0 Å². The fourth-order valence-corrected chi connectivity index (χ4v) is 1.46. The van der Waals surface area contributed by atoms with Crippen molar-refractivity contribution in [3.8, 4) is 0 Å². The second kappa shape index (κ2) is 3.13. The molecule has 0 aromatic heterocycles. The maximum absolute atomic E-state index is 11.4. The van der Waals surface area contributed by atoms with Crippen LogP contribution in [-0.4, -0.2) is 11.8 Å². The lowest BCUT2D eigenvalue weighted by molar-refractivity contribution is -0.119. The summed E-state index contributed by atoms with van der Waals surface area (Å²) in [5.41, 5.74) is 12.2. The molecule has 5 heteroatoms. The van der Waals surface area contributed by atoms with E-state index in [9.17, 15) is 9.59 Å². The van der Waals surface area contributed by atoms with Crippen LogP contribution >= 0.6 is 0 Å². The number of nitrogens with zero attached hydrogens (tertiary/aromatic N) is 1. The third kappa shape index (κ3) is 1.34. The third-order valence-electron chi connectivity index (χ3n) is 2.13. The van der Waals surface area contributed by atoms with Crippen LogP contribution in [0.1, 0.15) is 0 Å². The van der Waals surface area contributed by atoms with E-state index < -0.39 is 11.8 Å². The van der Waals surface area contributed by atoms with Crippen LogP contribution in [0.2, 0.25) is 0 Å². The Bertz CT molecular complexity index is 441. The fourth-order valence-electron chi connectivity index (χ4n) is 1.46. The molecular formula is C10H9N3O2. The molecule has 0 saturated heterocycles. The number of amides is 2. The van der Waals surface area contributed by atoms with Gasteiger partial charge in [-0.15, -0.1) is 0 Å². The molecule has 0 saturated carbocycles. The molecule has 1 aromatic rings. The van der Waals surface area contributed by atoms with Gasteiger partial charge in [0.15, 0.2) is 0 Å². The summed E-state index contributed by atoms with van der Waals surface area (Å²) in [6.45, 7) is 0. The summed E-state index contributed by atoms with van der Waals surface area (Å²) in [6.07, 6.45) is 2.38. The van der Waals surface area contributed by atoms with Crippen molar-refractivity contribution in [2.75, 3.05) is 16.4 Å². The number of benzene rings is 1. The van der Waals surface area contributed by atoms with E-state index in [2.05, 4.69) is 0 Å². The first-order valence-electron chi connectivity index (χ1n) is 4.31. The minimum Gasteiger partial charge on any atom is -0.397 e. The Balaban J connectivity index is 2.55. The minimum atomic E-state index is -0.426. The van der Waals surface area contributed by atoms with Crippen molar-refractivity contribution in [3.63, 3.8) is 0 Å². The normalized spacial score (nSPS) is 15.1. The van der Waals surface area contributed by atoms with Crippen LogP contribution in [0.25, 0.3) is 0 Å². The van der Waals surface area contributed by atoms with Gasteiger partial charge in [-0.1, -0.05) is 6.07 Å². The molecule has 2 amide bonds. The molecule has 1 aliphatic heterocycles. The highest BCUT2D eigenvalue weighted by Crippen LogP contribution is 2.31. The van der Waals surface area contributed by atoms with E-state index in [0.717, 1.165) is 4.90 Å². The quantitative estimate of drug-likeness (QED) is 0.506. The molecule has 0 fully saturated rings. The topological polar surface area (TPSA) is 89.4 Å². The van der Waals surface area contributed by atoms with E-state index in [4.69, 9.17) is 11.5 Å². The molecule has 2 rings (SSSR count). The lowest BCUT2D eigenvalue weighted by Crippen LogP contribution is -2.31.